The van der Waals surface area contributed by atoms with E-state index in [9.17, 15) is 0 Å². The van der Waals surface area contributed by atoms with Crippen LogP contribution in [0.1, 0.15) is 9.75 Å². The number of anilines is 1. The molecule has 0 unspecified atom stereocenters. The van der Waals surface area contributed by atoms with Gasteiger partial charge in [-0.25, -0.2) is 0 Å². The van der Waals surface area contributed by atoms with Crippen LogP contribution in [0.3, 0.4) is 0 Å². The Morgan fingerprint density at radius 2 is 2.15 bits per heavy atom. The minimum absolute atomic E-state index is 0.848. The molecule has 20 heavy (non-hydrogen) atoms. The number of aryl methyl sites for hydroxylation is 2. The molecule has 0 saturated carbocycles. The number of aromatic nitrogens is 3. The quantitative estimate of drug-likeness (QED) is 0.797. The first kappa shape index (κ1) is 12.9. The SMILES string of the molecule is Cc1ccc(CNc2cccc(-c3nncn3C)c2)s1. The van der Waals surface area contributed by atoms with Gasteiger partial charge in [0, 0.05) is 34.6 Å². The number of nitrogens with one attached hydrogen (secondary N) is 1. The highest BCUT2D eigenvalue weighted by Gasteiger charge is 2.05. The average molecular weight is 284 g/mol. The molecule has 0 fully saturated rings. The molecule has 3 aromatic rings. The summed E-state index contributed by atoms with van der Waals surface area (Å²) in [5.74, 6) is 0.876. The van der Waals surface area contributed by atoms with Gasteiger partial charge in [-0.3, -0.25) is 0 Å². The van der Waals surface area contributed by atoms with E-state index in [0.717, 1.165) is 23.6 Å². The second-order valence-corrected chi connectivity index (χ2v) is 6.08. The minimum Gasteiger partial charge on any atom is -0.380 e. The summed E-state index contributed by atoms with van der Waals surface area (Å²) in [5.41, 5.74) is 2.16. The first-order valence-electron chi connectivity index (χ1n) is 6.46. The van der Waals surface area contributed by atoms with Crippen LogP contribution in [0.25, 0.3) is 11.4 Å². The normalized spacial score (nSPS) is 10.7. The molecule has 0 aliphatic heterocycles. The maximum atomic E-state index is 4.14. The van der Waals surface area contributed by atoms with Crippen molar-refractivity contribution in [2.75, 3.05) is 5.32 Å². The third-order valence-electron chi connectivity index (χ3n) is 3.09. The van der Waals surface area contributed by atoms with Crippen LogP contribution in [0.15, 0.2) is 42.7 Å². The number of hydrogen-bond acceptors (Lipinski definition) is 4. The topological polar surface area (TPSA) is 42.7 Å². The van der Waals surface area contributed by atoms with E-state index in [4.69, 9.17) is 0 Å². The summed E-state index contributed by atoms with van der Waals surface area (Å²) in [6, 6.07) is 12.6. The van der Waals surface area contributed by atoms with Gasteiger partial charge in [0.2, 0.25) is 0 Å². The Morgan fingerprint density at radius 1 is 1.25 bits per heavy atom. The molecule has 102 valence electrons. The lowest BCUT2D eigenvalue weighted by molar-refractivity contribution is 0.920. The van der Waals surface area contributed by atoms with Crippen LogP contribution in [0, 0.1) is 6.92 Å². The Balaban J connectivity index is 1.76. The standard InChI is InChI=1S/C15H16N4S/c1-11-6-7-14(20-11)9-16-13-5-3-4-12(8-13)15-18-17-10-19(15)2/h3-8,10,16H,9H2,1-2H3. The van der Waals surface area contributed by atoms with Crippen molar-refractivity contribution >= 4 is 17.0 Å². The fraction of sp³-hybridized carbons (Fsp3) is 0.200. The van der Waals surface area contributed by atoms with Crippen molar-refractivity contribution in [2.24, 2.45) is 7.05 Å². The lowest BCUT2D eigenvalue weighted by Crippen LogP contribution is -1.98. The van der Waals surface area contributed by atoms with E-state index in [1.807, 2.05) is 35.1 Å². The van der Waals surface area contributed by atoms with E-state index >= 15 is 0 Å². The lowest BCUT2D eigenvalue weighted by Gasteiger charge is -2.07. The highest BCUT2D eigenvalue weighted by molar-refractivity contribution is 7.11. The highest BCUT2D eigenvalue weighted by atomic mass is 32.1. The van der Waals surface area contributed by atoms with Crippen LogP contribution in [-0.2, 0) is 13.6 Å². The van der Waals surface area contributed by atoms with E-state index in [1.165, 1.54) is 9.75 Å². The van der Waals surface area contributed by atoms with E-state index < -0.39 is 0 Å². The van der Waals surface area contributed by atoms with Gasteiger partial charge in [-0.2, -0.15) is 0 Å². The zero-order valence-electron chi connectivity index (χ0n) is 11.5. The summed E-state index contributed by atoms with van der Waals surface area (Å²) < 4.78 is 1.92. The van der Waals surface area contributed by atoms with Gasteiger partial charge in [0.05, 0.1) is 0 Å². The van der Waals surface area contributed by atoms with Crippen LogP contribution in [-0.4, -0.2) is 14.8 Å². The Hall–Kier alpha value is -2.14. The average Bonchev–Trinajstić information content (AvgIpc) is 3.05. The summed E-state index contributed by atoms with van der Waals surface area (Å²) in [7, 11) is 1.95. The Labute approximate surface area is 122 Å². The fourth-order valence-electron chi connectivity index (χ4n) is 2.08. The van der Waals surface area contributed by atoms with Crippen molar-refractivity contribution < 1.29 is 0 Å². The zero-order valence-corrected chi connectivity index (χ0v) is 12.3. The number of thiophene rings is 1. The van der Waals surface area contributed by atoms with E-state index in [0.29, 0.717) is 0 Å². The smallest absolute Gasteiger partial charge is 0.163 e. The number of rotatable bonds is 4. The molecule has 3 rings (SSSR count). The monoisotopic (exact) mass is 284 g/mol. The third-order valence-corrected chi connectivity index (χ3v) is 4.10. The molecule has 1 aromatic carbocycles. The van der Waals surface area contributed by atoms with Gasteiger partial charge in [0.1, 0.15) is 6.33 Å². The predicted octanol–water partition coefficient (Wildman–Crippen LogP) is 3.46. The molecule has 0 atom stereocenters. The van der Waals surface area contributed by atoms with Crippen molar-refractivity contribution in [1.82, 2.24) is 14.8 Å². The second-order valence-electron chi connectivity index (χ2n) is 4.71. The summed E-state index contributed by atoms with van der Waals surface area (Å²) in [6.45, 7) is 2.98. The molecule has 0 spiro atoms. The highest BCUT2D eigenvalue weighted by Crippen LogP contribution is 2.21. The molecule has 0 aliphatic carbocycles. The second kappa shape index (κ2) is 5.46. The van der Waals surface area contributed by atoms with Crippen LogP contribution >= 0.6 is 11.3 Å². The molecule has 0 radical (unpaired) electrons. The molecule has 2 heterocycles. The first-order valence-corrected chi connectivity index (χ1v) is 7.27. The molecule has 0 amide bonds. The van der Waals surface area contributed by atoms with Crippen molar-refractivity contribution in [3.8, 4) is 11.4 Å². The molecular formula is C15H16N4S. The molecule has 4 nitrogen and oxygen atoms in total. The third kappa shape index (κ3) is 2.72. The Morgan fingerprint density at radius 3 is 2.85 bits per heavy atom. The van der Waals surface area contributed by atoms with E-state index in [-0.39, 0.29) is 0 Å². The van der Waals surface area contributed by atoms with Crippen LogP contribution in [0.2, 0.25) is 0 Å². The molecule has 5 heteroatoms. The molecule has 1 N–H and O–H groups in total. The molecule has 0 saturated heterocycles. The van der Waals surface area contributed by atoms with Crippen molar-refractivity contribution in [3.63, 3.8) is 0 Å². The van der Waals surface area contributed by atoms with E-state index in [2.05, 4.69) is 46.7 Å². The Kier molecular flexibility index (Phi) is 3.52. The van der Waals surface area contributed by atoms with Gasteiger partial charge in [-0.1, -0.05) is 12.1 Å². The van der Waals surface area contributed by atoms with Gasteiger partial charge < -0.3 is 9.88 Å². The van der Waals surface area contributed by atoms with Gasteiger partial charge in [0.15, 0.2) is 5.82 Å². The van der Waals surface area contributed by atoms with Crippen LogP contribution < -0.4 is 5.32 Å². The Bertz CT molecular complexity index is 714. The van der Waals surface area contributed by atoms with Crippen molar-refractivity contribution in [2.45, 2.75) is 13.5 Å². The summed E-state index contributed by atoms with van der Waals surface area (Å²) in [4.78, 5) is 2.68. The number of nitrogens with zero attached hydrogens (tertiary/aromatic N) is 3. The predicted molar refractivity (Wildman–Crippen MR) is 82.8 cm³/mol. The summed E-state index contributed by atoms with van der Waals surface area (Å²) in [6.07, 6.45) is 1.71. The van der Waals surface area contributed by atoms with Gasteiger partial charge >= 0.3 is 0 Å². The number of benzene rings is 1. The van der Waals surface area contributed by atoms with Gasteiger partial charge in [0.25, 0.3) is 0 Å². The largest absolute Gasteiger partial charge is 0.380 e. The minimum atomic E-state index is 0.848. The van der Waals surface area contributed by atoms with Crippen molar-refractivity contribution in [1.29, 1.82) is 0 Å². The maximum absolute atomic E-state index is 4.14. The van der Waals surface area contributed by atoms with Gasteiger partial charge in [-0.05, 0) is 31.2 Å². The zero-order chi connectivity index (χ0) is 13.9. The lowest BCUT2D eigenvalue weighted by atomic mass is 10.2. The summed E-state index contributed by atoms with van der Waals surface area (Å²) >= 11 is 1.82. The molecule has 0 aliphatic rings. The molecule has 0 bridgehead atoms. The summed E-state index contributed by atoms with van der Waals surface area (Å²) in [5, 5.41) is 11.5. The number of hydrogen-bond donors (Lipinski definition) is 1. The molecule has 2 aromatic heterocycles. The fourth-order valence-corrected chi connectivity index (χ4v) is 2.91. The molecular weight excluding hydrogens is 268 g/mol. The first-order chi connectivity index (χ1) is 9.72. The maximum Gasteiger partial charge on any atom is 0.163 e. The van der Waals surface area contributed by atoms with Crippen molar-refractivity contribution in [3.05, 3.63) is 52.5 Å². The van der Waals surface area contributed by atoms with E-state index in [1.54, 1.807) is 6.33 Å². The van der Waals surface area contributed by atoms with Crippen LogP contribution in [0.4, 0.5) is 5.69 Å². The van der Waals surface area contributed by atoms with Crippen LogP contribution in [0.5, 0.6) is 0 Å². The van der Waals surface area contributed by atoms with Gasteiger partial charge in [-0.15, -0.1) is 21.5 Å².